The van der Waals surface area contributed by atoms with E-state index < -0.39 is 0 Å². The van der Waals surface area contributed by atoms with Gasteiger partial charge in [-0.25, -0.2) is 9.97 Å². The number of ether oxygens (including phenoxy) is 1. The van der Waals surface area contributed by atoms with E-state index in [2.05, 4.69) is 5.32 Å². The number of nitrogens with two attached hydrogens (primary N) is 1. The van der Waals surface area contributed by atoms with Crippen LogP contribution in [0.1, 0.15) is 30.6 Å². The molecule has 7 nitrogen and oxygen atoms in total. The van der Waals surface area contributed by atoms with Gasteiger partial charge in [-0.2, -0.15) is 0 Å². The Morgan fingerprint density at radius 1 is 1.17 bits per heavy atom. The minimum atomic E-state index is -0.256. The number of para-hydroxylation sites is 2. The number of rotatable bonds is 5. The van der Waals surface area contributed by atoms with Crippen LogP contribution >= 0.6 is 0 Å². The van der Waals surface area contributed by atoms with E-state index in [1.165, 1.54) is 0 Å². The van der Waals surface area contributed by atoms with Crippen LogP contribution in [0.5, 0.6) is 5.75 Å². The molecule has 0 saturated carbocycles. The third-order valence-corrected chi connectivity index (χ3v) is 5.03. The minimum Gasteiger partial charge on any atom is -0.497 e. The van der Waals surface area contributed by atoms with Gasteiger partial charge in [-0.15, -0.1) is 0 Å². The van der Waals surface area contributed by atoms with E-state index in [0.717, 1.165) is 17.6 Å². The quantitative estimate of drug-likeness (QED) is 0.543. The largest absolute Gasteiger partial charge is 0.497 e. The summed E-state index contributed by atoms with van der Waals surface area (Å²) in [5, 5.41) is 2.99. The first-order valence-electron chi connectivity index (χ1n) is 9.55. The molecule has 0 saturated heterocycles. The number of hydrogen-bond donors (Lipinski definition) is 2. The second-order valence-corrected chi connectivity index (χ2v) is 6.96. The number of amides is 1. The molecule has 0 unspecified atom stereocenters. The highest BCUT2D eigenvalue weighted by Crippen LogP contribution is 2.32. The first-order chi connectivity index (χ1) is 14.0. The monoisotopic (exact) mass is 389 g/mol. The summed E-state index contributed by atoms with van der Waals surface area (Å²) in [5.74, 6) is 0.723. The van der Waals surface area contributed by atoms with Gasteiger partial charge in [-0.3, -0.25) is 9.36 Å². The van der Waals surface area contributed by atoms with Crippen molar-refractivity contribution in [1.82, 2.24) is 19.9 Å². The summed E-state index contributed by atoms with van der Waals surface area (Å²) >= 11 is 0. The summed E-state index contributed by atoms with van der Waals surface area (Å²) in [5.41, 5.74) is 10.0. The smallest absolute Gasteiger partial charge is 0.257 e. The summed E-state index contributed by atoms with van der Waals surface area (Å²) < 4.78 is 7.10. The Morgan fingerprint density at radius 3 is 2.59 bits per heavy atom. The molecule has 3 N–H and O–H groups in total. The zero-order valence-corrected chi connectivity index (χ0v) is 16.6. The topological polar surface area (TPSA) is 95.1 Å². The number of carbonyl (C=O) groups is 1. The molecule has 0 aliphatic heterocycles. The normalized spacial score (nSPS) is 12.2. The highest BCUT2D eigenvalue weighted by atomic mass is 16.5. The number of benzene rings is 2. The van der Waals surface area contributed by atoms with Crippen LogP contribution in [0.15, 0.2) is 48.5 Å². The highest BCUT2D eigenvalue weighted by molar-refractivity contribution is 6.11. The molecule has 0 aliphatic carbocycles. The second kappa shape index (κ2) is 7.43. The zero-order chi connectivity index (χ0) is 20.5. The zero-order valence-electron chi connectivity index (χ0n) is 16.6. The molecule has 7 heteroatoms. The average molecular weight is 389 g/mol. The van der Waals surface area contributed by atoms with Crippen molar-refractivity contribution in [2.45, 2.75) is 26.3 Å². The summed E-state index contributed by atoms with van der Waals surface area (Å²) in [6, 6.07) is 15.0. The molecule has 1 atom stereocenters. The predicted molar refractivity (Wildman–Crippen MR) is 115 cm³/mol. The number of aromatic nitrogens is 3. The van der Waals surface area contributed by atoms with Crippen molar-refractivity contribution >= 4 is 33.9 Å². The lowest BCUT2D eigenvalue weighted by Crippen LogP contribution is -2.32. The Kier molecular flexibility index (Phi) is 4.80. The van der Waals surface area contributed by atoms with Gasteiger partial charge in [0.15, 0.2) is 5.65 Å². The van der Waals surface area contributed by atoms with Gasteiger partial charge in [-0.1, -0.05) is 25.1 Å². The lowest BCUT2D eigenvalue weighted by molar-refractivity contribution is 0.0941. The Balaban J connectivity index is 2.02. The van der Waals surface area contributed by atoms with E-state index in [4.69, 9.17) is 20.4 Å². The van der Waals surface area contributed by atoms with Gasteiger partial charge in [0.1, 0.15) is 22.6 Å². The second-order valence-electron chi connectivity index (χ2n) is 6.96. The number of nitrogen functional groups attached to an aromatic ring is 1. The van der Waals surface area contributed by atoms with Crippen molar-refractivity contribution in [3.8, 4) is 11.4 Å². The predicted octanol–water partition coefficient (Wildman–Crippen LogP) is 3.69. The minimum absolute atomic E-state index is 0.0190. The first-order valence-corrected chi connectivity index (χ1v) is 9.55. The van der Waals surface area contributed by atoms with E-state index >= 15 is 0 Å². The van der Waals surface area contributed by atoms with E-state index in [1.54, 1.807) is 11.7 Å². The van der Waals surface area contributed by atoms with Gasteiger partial charge >= 0.3 is 0 Å². The fraction of sp³-hybridized carbons (Fsp3) is 0.227. The van der Waals surface area contributed by atoms with E-state index in [1.807, 2.05) is 62.4 Å². The fourth-order valence-corrected chi connectivity index (χ4v) is 3.29. The fourth-order valence-electron chi connectivity index (χ4n) is 3.29. The van der Waals surface area contributed by atoms with Gasteiger partial charge in [0.05, 0.1) is 23.8 Å². The third-order valence-electron chi connectivity index (χ3n) is 5.03. The van der Waals surface area contributed by atoms with Crippen LogP contribution < -0.4 is 15.8 Å². The number of nitrogens with zero attached hydrogens (tertiary/aromatic N) is 3. The highest BCUT2D eigenvalue weighted by Gasteiger charge is 2.25. The van der Waals surface area contributed by atoms with Crippen LogP contribution in [0.2, 0.25) is 0 Å². The van der Waals surface area contributed by atoms with Crippen molar-refractivity contribution in [3.05, 3.63) is 54.1 Å². The lowest BCUT2D eigenvalue weighted by atomic mass is 10.2. The van der Waals surface area contributed by atoms with Gasteiger partial charge in [0, 0.05) is 12.1 Å². The molecule has 0 fully saturated rings. The van der Waals surface area contributed by atoms with Crippen molar-refractivity contribution in [2.75, 3.05) is 12.8 Å². The molecular formula is C22H23N5O2. The van der Waals surface area contributed by atoms with Crippen LogP contribution in [0.3, 0.4) is 0 Å². The number of anilines is 1. The SMILES string of the molecule is CC[C@H](C)NC(=O)c1c(N)n(-c2cccc(OC)c2)c2nc3ccccc3nc12. The lowest BCUT2D eigenvalue weighted by Gasteiger charge is -2.12. The molecule has 2 aromatic heterocycles. The summed E-state index contributed by atoms with van der Waals surface area (Å²) in [6.45, 7) is 3.97. The van der Waals surface area contributed by atoms with Crippen LogP contribution in [-0.2, 0) is 0 Å². The average Bonchev–Trinajstić information content (AvgIpc) is 3.02. The first kappa shape index (κ1) is 18.7. The van der Waals surface area contributed by atoms with Crippen molar-refractivity contribution in [3.63, 3.8) is 0 Å². The molecule has 0 bridgehead atoms. The number of hydrogen-bond acceptors (Lipinski definition) is 5. The molecule has 0 radical (unpaired) electrons. The molecule has 148 valence electrons. The van der Waals surface area contributed by atoms with Crippen LogP contribution in [0.25, 0.3) is 27.9 Å². The maximum atomic E-state index is 13.1. The molecule has 0 spiro atoms. The van der Waals surface area contributed by atoms with E-state index in [0.29, 0.717) is 33.8 Å². The molecule has 2 aromatic carbocycles. The van der Waals surface area contributed by atoms with Gasteiger partial charge in [0.25, 0.3) is 5.91 Å². The number of carbonyl (C=O) groups excluding carboxylic acids is 1. The molecule has 4 aromatic rings. The standard InChI is InChI=1S/C22H23N5O2/c1-4-13(2)24-22(28)18-19-21(26-17-11-6-5-10-16(17)25-19)27(20(18)23)14-8-7-9-15(12-14)29-3/h5-13H,4,23H2,1-3H3,(H,24,28)/t13-/m0/s1. The van der Waals surface area contributed by atoms with Crippen LogP contribution in [0.4, 0.5) is 5.82 Å². The summed E-state index contributed by atoms with van der Waals surface area (Å²) in [6.07, 6.45) is 0.814. The number of nitrogens with one attached hydrogen (secondary N) is 1. The molecule has 2 heterocycles. The maximum absolute atomic E-state index is 13.1. The molecular weight excluding hydrogens is 366 g/mol. The van der Waals surface area contributed by atoms with Gasteiger partial charge in [0.2, 0.25) is 0 Å². The van der Waals surface area contributed by atoms with Crippen LogP contribution in [-0.4, -0.2) is 33.6 Å². The maximum Gasteiger partial charge on any atom is 0.257 e. The summed E-state index contributed by atoms with van der Waals surface area (Å²) in [7, 11) is 1.61. The Hall–Kier alpha value is -3.61. The number of methoxy groups -OCH3 is 1. The van der Waals surface area contributed by atoms with Crippen molar-refractivity contribution < 1.29 is 9.53 Å². The molecule has 0 aliphatic rings. The van der Waals surface area contributed by atoms with E-state index in [-0.39, 0.29) is 11.9 Å². The molecule has 29 heavy (non-hydrogen) atoms. The van der Waals surface area contributed by atoms with Gasteiger partial charge < -0.3 is 15.8 Å². The van der Waals surface area contributed by atoms with Crippen molar-refractivity contribution in [1.29, 1.82) is 0 Å². The number of fused-ring (bicyclic) bond motifs is 2. The van der Waals surface area contributed by atoms with Crippen LogP contribution in [0, 0.1) is 0 Å². The van der Waals surface area contributed by atoms with E-state index in [9.17, 15) is 4.79 Å². The molecule has 1 amide bonds. The Labute approximate surface area is 168 Å². The Bertz CT molecular complexity index is 1210. The molecule has 4 rings (SSSR count). The van der Waals surface area contributed by atoms with Crippen molar-refractivity contribution in [2.24, 2.45) is 0 Å². The third kappa shape index (κ3) is 3.24. The van der Waals surface area contributed by atoms with Gasteiger partial charge in [-0.05, 0) is 37.6 Å². The Morgan fingerprint density at radius 2 is 1.90 bits per heavy atom. The summed E-state index contributed by atoms with van der Waals surface area (Å²) in [4.78, 5) is 22.6.